The zero-order chi connectivity index (χ0) is 13.3. The van der Waals surface area contributed by atoms with E-state index in [-0.39, 0.29) is 6.42 Å². The van der Waals surface area contributed by atoms with Gasteiger partial charge in [-0.2, -0.15) is 0 Å². The first-order chi connectivity index (χ1) is 8.49. The fourth-order valence-corrected chi connectivity index (χ4v) is 2.64. The number of hydrogen-bond acceptors (Lipinski definition) is 3. The first-order valence-electron chi connectivity index (χ1n) is 5.37. The molecule has 1 N–H and O–H groups in total. The van der Waals surface area contributed by atoms with Crippen LogP contribution in [0.1, 0.15) is 16.8 Å². The van der Waals surface area contributed by atoms with E-state index in [1.807, 2.05) is 26.0 Å². The summed E-state index contributed by atoms with van der Waals surface area (Å²) in [4.78, 5) is 10.8. The summed E-state index contributed by atoms with van der Waals surface area (Å²) in [6.07, 6.45) is 1.39. The summed E-state index contributed by atoms with van der Waals surface area (Å²) in [6, 6.07) is 3.93. The maximum Gasteiger partial charge on any atom is 0.309 e. The third kappa shape index (κ3) is 2.43. The highest BCUT2D eigenvalue weighted by Gasteiger charge is 2.14. The lowest BCUT2D eigenvalue weighted by atomic mass is 10.1. The number of benzene rings is 1. The molecule has 6 heteroatoms. The molecule has 0 atom stereocenters. The van der Waals surface area contributed by atoms with Crippen molar-refractivity contribution in [1.29, 1.82) is 0 Å². The number of carbonyl (C=O) groups is 1. The van der Waals surface area contributed by atoms with Gasteiger partial charge < -0.3 is 5.11 Å². The molecule has 0 aliphatic carbocycles. The topological polar surface area (TPSA) is 68.0 Å². The fraction of sp³-hybridized carbons (Fsp3) is 0.250. The minimum Gasteiger partial charge on any atom is -0.481 e. The highest BCUT2D eigenvalue weighted by Crippen LogP contribution is 2.24. The van der Waals surface area contributed by atoms with Crippen LogP contribution in [-0.4, -0.2) is 26.1 Å². The van der Waals surface area contributed by atoms with E-state index in [9.17, 15) is 4.79 Å². The van der Waals surface area contributed by atoms with Gasteiger partial charge in [0.25, 0.3) is 0 Å². The Hall–Kier alpha value is -1.69. The van der Waals surface area contributed by atoms with Gasteiger partial charge in [-0.05, 0) is 37.1 Å². The van der Waals surface area contributed by atoms with Crippen LogP contribution in [-0.2, 0) is 11.2 Å². The van der Waals surface area contributed by atoms with Crippen LogP contribution in [0.25, 0.3) is 5.69 Å². The summed E-state index contributed by atoms with van der Waals surface area (Å²) in [7, 11) is 0. The Kier molecular flexibility index (Phi) is 3.47. The lowest BCUT2D eigenvalue weighted by Gasteiger charge is -2.12. The quantitative estimate of drug-likeness (QED) is 0.944. The normalized spacial score (nSPS) is 10.6. The number of carboxylic acids is 1. The molecule has 5 nitrogen and oxygen atoms in total. The second-order valence-electron chi connectivity index (χ2n) is 4.10. The summed E-state index contributed by atoms with van der Waals surface area (Å²) in [5.41, 5.74) is 3.47. The van der Waals surface area contributed by atoms with Crippen molar-refractivity contribution in [3.05, 3.63) is 39.6 Å². The number of rotatable bonds is 3. The molecule has 1 aromatic heterocycles. The number of carboxylic acid groups (broad SMARTS) is 1. The van der Waals surface area contributed by atoms with Crippen molar-refractivity contribution in [2.45, 2.75) is 20.3 Å². The zero-order valence-electron chi connectivity index (χ0n) is 10.0. The van der Waals surface area contributed by atoms with Crippen LogP contribution in [0.3, 0.4) is 0 Å². The Morgan fingerprint density at radius 2 is 2.00 bits per heavy atom. The number of aryl methyl sites for hydroxylation is 2. The number of nitrogens with zero attached hydrogens (tertiary/aromatic N) is 3. The molecule has 94 valence electrons. The van der Waals surface area contributed by atoms with Crippen LogP contribution in [0.2, 0.25) is 0 Å². The van der Waals surface area contributed by atoms with E-state index >= 15 is 0 Å². The average molecular weight is 310 g/mol. The molecule has 2 aromatic rings. The molecule has 2 rings (SSSR count). The summed E-state index contributed by atoms with van der Waals surface area (Å²) in [5, 5.41) is 16.6. The van der Waals surface area contributed by atoms with Gasteiger partial charge in [0.15, 0.2) is 0 Å². The minimum absolute atomic E-state index is 0.0953. The maximum absolute atomic E-state index is 10.8. The fourth-order valence-electron chi connectivity index (χ4n) is 1.96. The van der Waals surface area contributed by atoms with E-state index in [0.717, 1.165) is 21.3 Å². The molecule has 0 aliphatic heterocycles. The monoisotopic (exact) mass is 309 g/mol. The van der Waals surface area contributed by atoms with Gasteiger partial charge in [0.05, 0.1) is 24.0 Å². The average Bonchev–Trinajstić information content (AvgIpc) is 2.63. The van der Waals surface area contributed by atoms with E-state index in [1.54, 1.807) is 4.68 Å². The highest BCUT2D eigenvalue weighted by atomic mass is 79.9. The van der Waals surface area contributed by atoms with Crippen LogP contribution in [0.4, 0.5) is 0 Å². The molecule has 18 heavy (non-hydrogen) atoms. The van der Waals surface area contributed by atoms with E-state index in [2.05, 4.69) is 26.2 Å². The van der Waals surface area contributed by atoms with Crippen molar-refractivity contribution in [2.75, 3.05) is 0 Å². The van der Waals surface area contributed by atoms with Crippen molar-refractivity contribution < 1.29 is 9.90 Å². The second kappa shape index (κ2) is 4.89. The van der Waals surface area contributed by atoms with Crippen molar-refractivity contribution in [2.24, 2.45) is 0 Å². The van der Waals surface area contributed by atoms with Crippen LogP contribution in [0, 0.1) is 13.8 Å². The molecule has 0 saturated carbocycles. The molecule has 0 amide bonds. The highest BCUT2D eigenvalue weighted by molar-refractivity contribution is 9.10. The lowest BCUT2D eigenvalue weighted by Crippen LogP contribution is -2.10. The van der Waals surface area contributed by atoms with Gasteiger partial charge in [-0.15, -0.1) is 5.10 Å². The molecule has 0 aliphatic rings. The smallest absolute Gasteiger partial charge is 0.309 e. The Morgan fingerprint density at radius 1 is 1.39 bits per heavy atom. The molecule has 1 aromatic carbocycles. The number of hydrogen-bond donors (Lipinski definition) is 1. The summed E-state index contributed by atoms with van der Waals surface area (Å²) < 4.78 is 2.58. The largest absolute Gasteiger partial charge is 0.481 e. The third-order valence-corrected chi connectivity index (χ3v) is 3.08. The third-order valence-electron chi connectivity index (χ3n) is 2.62. The van der Waals surface area contributed by atoms with Crippen molar-refractivity contribution in [3.63, 3.8) is 0 Å². The molecule has 0 unspecified atom stereocenters. The molecule has 0 spiro atoms. The van der Waals surface area contributed by atoms with Crippen molar-refractivity contribution in [1.82, 2.24) is 15.0 Å². The van der Waals surface area contributed by atoms with Crippen LogP contribution < -0.4 is 0 Å². The predicted molar refractivity (Wildman–Crippen MR) is 69.9 cm³/mol. The van der Waals surface area contributed by atoms with Gasteiger partial charge >= 0.3 is 5.97 Å². The zero-order valence-corrected chi connectivity index (χ0v) is 11.6. The Morgan fingerprint density at radius 3 is 2.56 bits per heavy atom. The van der Waals surface area contributed by atoms with E-state index in [4.69, 9.17) is 5.11 Å². The summed E-state index contributed by atoms with van der Waals surface area (Å²) in [5.74, 6) is -0.897. The number of aliphatic carboxylic acids is 1. The van der Waals surface area contributed by atoms with E-state index in [0.29, 0.717) is 5.69 Å². The Balaban J connectivity index is 2.56. The first-order valence-corrected chi connectivity index (χ1v) is 6.17. The SMILES string of the molecule is Cc1cc(Br)cc(C)c1-n1nncc1CC(=O)O. The summed E-state index contributed by atoms with van der Waals surface area (Å²) >= 11 is 3.43. The molecule has 0 fully saturated rings. The molecule has 1 heterocycles. The van der Waals surface area contributed by atoms with E-state index in [1.165, 1.54) is 6.20 Å². The molecule has 0 saturated heterocycles. The van der Waals surface area contributed by atoms with Crippen molar-refractivity contribution in [3.8, 4) is 5.69 Å². The number of halogens is 1. The summed E-state index contributed by atoms with van der Waals surface area (Å²) in [6.45, 7) is 3.92. The van der Waals surface area contributed by atoms with Gasteiger partial charge in [0, 0.05) is 4.47 Å². The standard InChI is InChI=1S/C12H12BrN3O2/c1-7-3-9(13)4-8(2)12(7)16-10(5-11(17)18)6-14-15-16/h3-4,6H,5H2,1-2H3,(H,17,18). The van der Waals surface area contributed by atoms with Crippen molar-refractivity contribution >= 4 is 21.9 Å². The van der Waals surface area contributed by atoms with E-state index < -0.39 is 5.97 Å². The number of aromatic nitrogens is 3. The van der Waals surface area contributed by atoms with Crippen LogP contribution in [0.15, 0.2) is 22.8 Å². The van der Waals surface area contributed by atoms with Crippen LogP contribution in [0.5, 0.6) is 0 Å². The van der Waals surface area contributed by atoms with Gasteiger partial charge in [-0.25, -0.2) is 4.68 Å². The van der Waals surface area contributed by atoms with Crippen LogP contribution >= 0.6 is 15.9 Å². The molecule has 0 bridgehead atoms. The van der Waals surface area contributed by atoms with Gasteiger partial charge in [-0.1, -0.05) is 21.1 Å². The maximum atomic E-state index is 10.8. The lowest BCUT2D eigenvalue weighted by molar-refractivity contribution is -0.136. The van der Waals surface area contributed by atoms with Gasteiger partial charge in [0.2, 0.25) is 0 Å². The predicted octanol–water partition coefficient (Wildman–Crippen LogP) is 2.27. The molecular formula is C12H12BrN3O2. The Labute approximate surface area is 113 Å². The van der Waals surface area contributed by atoms with Gasteiger partial charge in [-0.3, -0.25) is 4.79 Å². The molecular weight excluding hydrogens is 298 g/mol. The minimum atomic E-state index is -0.897. The molecule has 0 radical (unpaired) electrons. The Bertz CT molecular complexity index is 584. The first kappa shape index (κ1) is 12.8. The second-order valence-corrected chi connectivity index (χ2v) is 5.01. The van der Waals surface area contributed by atoms with Gasteiger partial charge in [0.1, 0.15) is 0 Å².